The molecule has 0 N–H and O–H groups in total. The van der Waals surface area contributed by atoms with Crippen molar-refractivity contribution in [2.75, 3.05) is 33.3 Å². The number of para-hydroxylation sites is 1. The van der Waals surface area contributed by atoms with Gasteiger partial charge in [0, 0.05) is 25.7 Å². The fourth-order valence-corrected chi connectivity index (χ4v) is 5.19. The molecule has 0 aliphatic carbocycles. The predicted molar refractivity (Wildman–Crippen MR) is 130 cm³/mol. The number of likely N-dealkylation sites (N-methyl/N-ethyl adjacent to an activating group) is 1. The maximum absolute atomic E-state index is 13.6. The van der Waals surface area contributed by atoms with E-state index in [0.29, 0.717) is 26.2 Å². The highest BCUT2D eigenvalue weighted by molar-refractivity contribution is 5.94. The van der Waals surface area contributed by atoms with Gasteiger partial charge >= 0.3 is 0 Å². The quantitative estimate of drug-likeness (QED) is 0.625. The van der Waals surface area contributed by atoms with Gasteiger partial charge in [-0.25, -0.2) is 0 Å². The van der Waals surface area contributed by atoms with Crippen LogP contribution in [0.5, 0.6) is 5.75 Å². The first-order chi connectivity index (χ1) is 16.0. The van der Waals surface area contributed by atoms with Gasteiger partial charge in [-0.1, -0.05) is 48.7 Å². The van der Waals surface area contributed by atoms with Crippen LogP contribution < -0.4 is 4.74 Å². The Morgan fingerprint density at radius 3 is 2.39 bits per heavy atom. The Kier molecular flexibility index (Phi) is 7.36. The lowest BCUT2D eigenvalue weighted by Crippen LogP contribution is -2.51. The number of fused-ring (bicyclic) bond motifs is 1. The third-order valence-corrected chi connectivity index (χ3v) is 7.36. The zero-order valence-corrected chi connectivity index (χ0v) is 20.0. The van der Waals surface area contributed by atoms with Crippen LogP contribution in [0.15, 0.2) is 48.5 Å². The van der Waals surface area contributed by atoms with Gasteiger partial charge in [0.2, 0.25) is 5.91 Å². The largest absolute Gasteiger partial charge is 0.491 e. The van der Waals surface area contributed by atoms with E-state index in [1.54, 1.807) is 0 Å². The molecule has 33 heavy (non-hydrogen) atoms. The second kappa shape index (κ2) is 10.4. The summed E-state index contributed by atoms with van der Waals surface area (Å²) in [6, 6.07) is 16.0. The van der Waals surface area contributed by atoms with Crippen molar-refractivity contribution >= 4 is 11.8 Å². The molecule has 0 atom stereocenters. The third kappa shape index (κ3) is 5.40. The van der Waals surface area contributed by atoms with Crippen molar-refractivity contribution < 1.29 is 14.3 Å². The van der Waals surface area contributed by atoms with E-state index in [1.807, 2.05) is 60.2 Å². The second-order valence-electron chi connectivity index (χ2n) is 9.68. The van der Waals surface area contributed by atoms with Crippen molar-refractivity contribution in [1.82, 2.24) is 9.80 Å². The van der Waals surface area contributed by atoms with Crippen LogP contribution in [0, 0.1) is 12.3 Å². The van der Waals surface area contributed by atoms with Gasteiger partial charge in [-0.2, -0.15) is 0 Å². The van der Waals surface area contributed by atoms with Crippen LogP contribution in [-0.4, -0.2) is 54.9 Å². The van der Waals surface area contributed by atoms with Gasteiger partial charge in [0.1, 0.15) is 12.4 Å². The molecule has 1 saturated heterocycles. The van der Waals surface area contributed by atoms with Crippen LogP contribution in [0.4, 0.5) is 0 Å². The molecule has 0 saturated carbocycles. The van der Waals surface area contributed by atoms with Crippen molar-refractivity contribution in [3.8, 4) is 5.75 Å². The van der Waals surface area contributed by atoms with E-state index in [0.717, 1.165) is 61.8 Å². The first kappa shape index (κ1) is 23.3. The van der Waals surface area contributed by atoms with Crippen molar-refractivity contribution in [2.24, 2.45) is 5.41 Å². The highest BCUT2D eigenvalue weighted by Gasteiger charge is 2.43. The van der Waals surface area contributed by atoms with Crippen LogP contribution >= 0.6 is 0 Å². The van der Waals surface area contributed by atoms with Gasteiger partial charge in [-0.05, 0) is 62.8 Å². The van der Waals surface area contributed by atoms with Crippen molar-refractivity contribution in [3.63, 3.8) is 0 Å². The summed E-state index contributed by atoms with van der Waals surface area (Å²) in [4.78, 5) is 30.4. The molecule has 1 fully saturated rings. The van der Waals surface area contributed by atoms with Gasteiger partial charge in [0.15, 0.2) is 0 Å². The number of aryl methyl sites for hydroxylation is 2. The predicted octanol–water partition coefficient (Wildman–Crippen LogP) is 4.87. The number of benzene rings is 2. The minimum atomic E-state index is -0.375. The first-order valence-electron chi connectivity index (χ1n) is 12.3. The molecule has 4 rings (SSSR count). The minimum Gasteiger partial charge on any atom is -0.491 e. The second-order valence-corrected chi connectivity index (χ2v) is 9.68. The number of amides is 2. The van der Waals surface area contributed by atoms with Gasteiger partial charge in [-0.3, -0.25) is 9.59 Å². The van der Waals surface area contributed by atoms with E-state index >= 15 is 0 Å². The highest BCUT2D eigenvalue weighted by atomic mass is 16.5. The smallest absolute Gasteiger partial charge is 0.253 e. The van der Waals surface area contributed by atoms with Crippen molar-refractivity contribution in [1.29, 1.82) is 0 Å². The molecule has 5 heteroatoms. The number of carbonyl (C=O) groups excluding carboxylic acids is 2. The van der Waals surface area contributed by atoms with Gasteiger partial charge in [0.25, 0.3) is 5.91 Å². The fourth-order valence-electron chi connectivity index (χ4n) is 5.19. The molecule has 0 unspecified atom stereocenters. The Labute approximate surface area is 197 Å². The first-order valence-corrected chi connectivity index (χ1v) is 12.3. The third-order valence-electron chi connectivity index (χ3n) is 7.36. The lowest BCUT2D eigenvalue weighted by atomic mass is 9.73. The molecule has 5 nitrogen and oxygen atoms in total. The number of likely N-dealkylation sites (tertiary alicyclic amines) is 1. The molecule has 2 aromatic carbocycles. The maximum Gasteiger partial charge on any atom is 0.253 e. The molecular formula is C28H36N2O3. The van der Waals surface area contributed by atoms with Gasteiger partial charge in [-0.15, -0.1) is 0 Å². The molecule has 176 valence electrons. The monoisotopic (exact) mass is 448 g/mol. The van der Waals surface area contributed by atoms with Crippen molar-refractivity contribution in [2.45, 2.75) is 51.9 Å². The molecule has 2 aromatic rings. The summed E-state index contributed by atoms with van der Waals surface area (Å²) in [5.74, 6) is 1.22. The fraction of sp³-hybridized carbons (Fsp3) is 0.500. The number of carbonyl (C=O) groups is 2. The number of piperidine rings is 1. The molecule has 2 amide bonds. The van der Waals surface area contributed by atoms with Gasteiger partial charge in [0.05, 0.1) is 12.0 Å². The Balaban J connectivity index is 1.44. The van der Waals surface area contributed by atoms with E-state index in [9.17, 15) is 9.59 Å². The van der Waals surface area contributed by atoms with Crippen LogP contribution in [0.1, 0.15) is 60.0 Å². The zero-order chi connectivity index (χ0) is 23.3. The Morgan fingerprint density at radius 1 is 0.909 bits per heavy atom. The molecule has 1 spiro atoms. The zero-order valence-electron chi connectivity index (χ0n) is 20.0. The molecule has 0 aromatic heterocycles. The molecule has 2 heterocycles. The van der Waals surface area contributed by atoms with E-state index in [4.69, 9.17) is 4.74 Å². The number of rotatable bonds is 1. The van der Waals surface area contributed by atoms with Crippen LogP contribution in [0.3, 0.4) is 0 Å². The number of nitrogens with zero attached hydrogens (tertiary/aromatic N) is 2. The molecule has 0 radical (unpaired) electrons. The van der Waals surface area contributed by atoms with Crippen molar-refractivity contribution in [3.05, 3.63) is 65.2 Å². The Hall–Kier alpha value is -2.82. The summed E-state index contributed by atoms with van der Waals surface area (Å²) < 4.78 is 6.05. The summed E-state index contributed by atoms with van der Waals surface area (Å²) in [6.45, 7) is 4.35. The number of ether oxygens (including phenoxy) is 1. The standard InChI is InChI=1S/C28H36N2O3/c1-22-11-13-24(14-12-22)26(31)30-18-16-28(17-19-30)15-7-3-4-8-23-9-5-6-10-25(23)33-21-20-29(2)27(28)32/h5-6,9-14H,3-4,7-8,15-21H2,1-2H3. The highest BCUT2D eigenvalue weighted by Crippen LogP contribution is 2.39. The summed E-state index contributed by atoms with van der Waals surface area (Å²) in [5.41, 5.74) is 2.75. The topological polar surface area (TPSA) is 49.9 Å². The Bertz CT molecular complexity index is 961. The van der Waals surface area contributed by atoms with E-state index in [-0.39, 0.29) is 17.2 Å². The van der Waals surface area contributed by atoms with E-state index in [2.05, 4.69) is 12.1 Å². The van der Waals surface area contributed by atoms with E-state index < -0.39 is 0 Å². The average Bonchev–Trinajstić information content (AvgIpc) is 2.85. The van der Waals surface area contributed by atoms with Crippen LogP contribution in [0.2, 0.25) is 0 Å². The summed E-state index contributed by atoms with van der Waals surface area (Å²) >= 11 is 0. The SMILES string of the molecule is Cc1ccc(C(=O)N2CCC3(CCCCCc4ccccc4OCCN(C)C3=O)CC2)cc1. The molecule has 2 aliphatic heterocycles. The average molecular weight is 449 g/mol. The summed E-state index contributed by atoms with van der Waals surface area (Å²) in [5, 5.41) is 0. The maximum atomic E-state index is 13.6. The van der Waals surface area contributed by atoms with E-state index in [1.165, 1.54) is 5.56 Å². The van der Waals surface area contributed by atoms with Crippen LogP contribution in [-0.2, 0) is 11.2 Å². The number of hydrogen-bond donors (Lipinski definition) is 0. The Morgan fingerprint density at radius 2 is 1.64 bits per heavy atom. The number of hydrogen-bond acceptors (Lipinski definition) is 3. The summed E-state index contributed by atoms with van der Waals surface area (Å²) in [6.07, 6.45) is 6.59. The summed E-state index contributed by atoms with van der Waals surface area (Å²) in [7, 11) is 1.89. The molecule has 2 aliphatic rings. The van der Waals surface area contributed by atoms with Crippen LogP contribution in [0.25, 0.3) is 0 Å². The molecule has 0 bridgehead atoms. The lowest BCUT2D eigenvalue weighted by Gasteiger charge is -2.42. The minimum absolute atomic E-state index is 0.0708. The lowest BCUT2D eigenvalue weighted by molar-refractivity contribution is -0.144. The van der Waals surface area contributed by atoms with Gasteiger partial charge < -0.3 is 14.5 Å². The normalized spacial score (nSPS) is 19.6. The molecular weight excluding hydrogens is 412 g/mol.